The van der Waals surface area contributed by atoms with Gasteiger partial charge in [-0.05, 0) is 55.3 Å². The number of fused-ring (bicyclic) bond motifs is 2. The van der Waals surface area contributed by atoms with E-state index in [1.807, 2.05) is 24.4 Å². The summed E-state index contributed by atoms with van der Waals surface area (Å²) in [6, 6.07) is 10.8. The van der Waals surface area contributed by atoms with E-state index < -0.39 is 0 Å². The first-order valence-electron chi connectivity index (χ1n) is 10.9. The lowest BCUT2D eigenvalue weighted by Gasteiger charge is -2.22. The van der Waals surface area contributed by atoms with Crippen molar-refractivity contribution < 1.29 is 19.1 Å². The molecule has 1 aromatic heterocycles. The SMILES string of the molecule is COc1ccc2[nH]cc(/C=C3\Oc4ccc(NC(=O)NC5CCCCC5)cc4C3=O)c2c1. The van der Waals surface area contributed by atoms with Crippen molar-refractivity contribution in [2.24, 2.45) is 0 Å². The van der Waals surface area contributed by atoms with Crippen molar-refractivity contribution in [1.82, 2.24) is 10.3 Å². The van der Waals surface area contributed by atoms with E-state index in [0.29, 0.717) is 17.0 Å². The van der Waals surface area contributed by atoms with Crippen LogP contribution in [-0.4, -0.2) is 29.9 Å². The average Bonchev–Trinajstić information content (AvgIpc) is 3.35. The van der Waals surface area contributed by atoms with Gasteiger partial charge in [0, 0.05) is 34.4 Å². The van der Waals surface area contributed by atoms with Crippen LogP contribution in [0.2, 0.25) is 0 Å². The molecule has 0 bridgehead atoms. The second kappa shape index (κ2) is 8.42. The number of nitrogens with one attached hydrogen (secondary N) is 3. The highest BCUT2D eigenvalue weighted by atomic mass is 16.5. The molecule has 0 radical (unpaired) electrons. The summed E-state index contributed by atoms with van der Waals surface area (Å²) in [5.74, 6) is 1.25. The zero-order valence-corrected chi connectivity index (χ0v) is 17.9. The van der Waals surface area contributed by atoms with Crippen molar-refractivity contribution in [3.63, 3.8) is 0 Å². The Balaban J connectivity index is 1.33. The van der Waals surface area contributed by atoms with E-state index in [-0.39, 0.29) is 23.6 Å². The van der Waals surface area contributed by atoms with Crippen molar-refractivity contribution in [3.05, 3.63) is 59.5 Å². The van der Waals surface area contributed by atoms with Crippen LogP contribution in [0.3, 0.4) is 0 Å². The molecular formula is C25H25N3O4. The number of rotatable bonds is 4. The first-order valence-corrected chi connectivity index (χ1v) is 10.9. The molecule has 164 valence electrons. The maximum absolute atomic E-state index is 13.0. The van der Waals surface area contributed by atoms with Gasteiger partial charge in [-0.3, -0.25) is 4.79 Å². The monoisotopic (exact) mass is 431 g/mol. The van der Waals surface area contributed by atoms with Gasteiger partial charge in [0.1, 0.15) is 11.5 Å². The minimum Gasteiger partial charge on any atom is -0.497 e. The lowest BCUT2D eigenvalue weighted by molar-refractivity contribution is 0.101. The highest BCUT2D eigenvalue weighted by Gasteiger charge is 2.28. The van der Waals surface area contributed by atoms with E-state index in [9.17, 15) is 9.59 Å². The largest absolute Gasteiger partial charge is 0.497 e. The van der Waals surface area contributed by atoms with Crippen LogP contribution in [-0.2, 0) is 0 Å². The molecule has 3 aromatic rings. The Morgan fingerprint density at radius 1 is 1.16 bits per heavy atom. The minimum absolute atomic E-state index is 0.214. The van der Waals surface area contributed by atoms with Crippen molar-refractivity contribution in [2.45, 2.75) is 38.1 Å². The molecule has 1 aliphatic carbocycles. The summed E-state index contributed by atoms with van der Waals surface area (Å²) in [5.41, 5.74) is 2.77. The maximum atomic E-state index is 13.0. The van der Waals surface area contributed by atoms with E-state index in [4.69, 9.17) is 9.47 Å². The van der Waals surface area contributed by atoms with Gasteiger partial charge in [-0.25, -0.2) is 4.79 Å². The third-order valence-electron chi connectivity index (χ3n) is 6.07. The topological polar surface area (TPSA) is 92.4 Å². The van der Waals surface area contributed by atoms with Crippen LogP contribution < -0.4 is 20.1 Å². The number of ketones is 1. The van der Waals surface area contributed by atoms with Crippen LogP contribution in [0, 0.1) is 0 Å². The molecule has 5 rings (SSSR count). The average molecular weight is 431 g/mol. The molecule has 1 fully saturated rings. The predicted octanol–water partition coefficient (Wildman–Crippen LogP) is 5.25. The number of aromatic nitrogens is 1. The molecule has 1 aliphatic heterocycles. The van der Waals surface area contributed by atoms with Gasteiger partial charge in [0.05, 0.1) is 12.7 Å². The van der Waals surface area contributed by atoms with Gasteiger partial charge in [0.15, 0.2) is 5.76 Å². The molecule has 7 heteroatoms. The molecule has 0 spiro atoms. The van der Waals surface area contributed by atoms with Gasteiger partial charge < -0.3 is 25.1 Å². The van der Waals surface area contributed by atoms with Crippen LogP contribution in [0.4, 0.5) is 10.5 Å². The zero-order chi connectivity index (χ0) is 22.1. The summed E-state index contributed by atoms with van der Waals surface area (Å²) in [5, 5.41) is 6.80. The maximum Gasteiger partial charge on any atom is 0.319 e. The summed E-state index contributed by atoms with van der Waals surface area (Å²) in [6.07, 6.45) is 9.11. The first-order chi connectivity index (χ1) is 15.6. The third-order valence-corrected chi connectivity index (χ3v) is 6.07. The molecule has 32 heavy (non-hydrogen) atoms. The van der Waals surface area contributed by atoms with Crippen molar-refractivity contribution >= 4 is 34.5 Å². The number of aromatic amines is 1. The molecule has 0 saturated heterocycles. The van der Waals surface area contributed by atoms with Crippen molar-refractivity contribution in [1.29, 1.82) is 0 Å². The standard InChI is InChI=1S/C25H25N3O4/c1-31-18-8-9-21-19(13-18)15(14-26-21)11-23-24(29)20-12-17(7-10-22(20)32-23)28-25(30)27-16-5-3-2-4-6-16/h7-14,16,26H,2-6H2,1H3,(H2,27,28,30)/b23-11-. The Hall–Kier alpha value is -3.74. The number of hydrogen-bond acceptors (Lipinski definition) is 4. The van der Waals surface area contributed by atoms with Crippen LogP contribution in [0.5, 0.6) is 11.5 Å². The molecule has 2 heterocycles. The van der Waals surface area contributed by atoms with E-state index >= 15 is 0 Å². The third kappa shape index (κ3) is 3.93. The van der Waals surface area contributed by atoms with Crippen LogP contribution in [0.1, 0.15) is 48.0 Å². The molecule has 2 amide bonds. The van der Waals surface area contributed by atoms with Crippen molar-refractivity contribution in [3.8, 4) is 11.5 Å². The number of hydrogen-bond donors (Lipinski definition) is 3. The Kier molecular flexibility index (Phi) is 5.31. The van der Waals surface area contributed by atoms with Crippen molar-refractivity contribution in [2.75, 3.05) is 12.4 Å². The second-order valence-electron chi connectivity index (χ2n) is 8.24. The zero-order valence-electron chi connectivity index (χ0n) is 17.9. The number of Topliss-reactive ketones (excluding diaryl/α,β-unsaturated/α-hetero) is 1. The number of anilines is 1. The first kappa shape index (κ1) is 20.2. The second-order valence-corrected chi connectivity index (χ2v) is 8.24. The minimum atomic E-state index is -0.244. The summed E-state index contributed by atoms with van der Waals surface area (Å²) < 4.78 is 11.1. The number of methoxy groups -OCH3 is 1. The fourth-order valence-corrected chi connectivity index (χ4v) is 4.38. The molecule has 1 saturated carbocycles. The Morgan fingerprint density at radius 2 is 2.00 bits per heavy atom. The number of amides is 2. The lowest BCUT2D eigenvalue weighted by Crippen LogP contribution is -2.39. The van der Waals surface area contributed by atoms with Gasteiger partial charge >= 0.3 is 6.03 Å². The molecule has 7 nitrogen and oxygen atoms in total. The molecular weight excluding hydrogens is 406 g/mol. The molecule has 0 atom stereocenters. The summed E-state index contributed by atoms with van der Waals surface area (Å²) >= 11 is 0. The van der Waals surface area contributed by atoms with E-state index in [1.54, 1.807) is 31.4 Å². The van der Waals surface area contributed by atoms with E-state index in [2.05, 4.69) is 15.6 Å². The number of ether oxygens (including phenoxy) is 2. The number of H-pyrrole nitrogens is 1. The summed E-state index contributed by atoms with van der Waals surface area (Å²) in [6.45, 7) is 0. The van der Waals surface area contributed by atoms with Crippen LogP contribution in [0.25, 0.3) is 17.0 Å². The molecule has 0 unspecified atom stereocenters. The number of urea groups is 1. The fourth-order valence-electron chi connectivity index (χ4n) is 4.38. The number of carbonyl (C=O) groups excluding carboxylic acids is 2. The molecule has 2 aliphatic rings. The number of allylic oxidation sites excluding steroid dienone is 1. The molecule has 3 N–H and O–H groups in total. The van der Waals surface area contributed by atoms with Crippen LogP contribution >= 0.6 is 0 Å². The van der Waals surface area contributed by atoms with E-state index in [0.717, 1.165) is 47.9 Å². The summed E-state index contributed by atoms with van der Waals surface area (Å²) in [4.78, 5) is 28.5. The Morgan fingerprint density at radius 3 is 2.81 bits per heavy atom. The lowest BCUT2D eigenvalue weighted by atomic mass is 9.96. The quantitative estimate of drug-likeness (QED) is 0.492. The number of carbonyl (C=O) groups is 2. The van der Waals surface area contributed by atoms with Gasteiger partial charge in [-0.15, -0.1) is 0 Å². The van der Waals surface area contributed by atoms with Gasteiger partial charge in [0.2, 0.25) is 5.78 Å². The Labute approximate surface area is 185 Å². The van der Waals surface area contributed by atoms with E-state index in [1.165, 1.54) is 6.42 Å². The number of benzene rings is 2. The predicted molar refractivity (Wildman–Crippen MR) is 123 cm³/mol. The van der Waals surface area contributed by atoms with Crippen LogP contribution in [0.15, 0.2) is 48.4 Å². The Bertz CT molecular complexity index is 1220. The normalized spacial score (nSPS) is 17.3. The van der Waals surface area contributed by atoms with Gasteiger partial charge in [-0.2, -0.15) is 0 Å². The summed E-state index contributed by atoms with van der Waals surface area (Å²) in [7, 11) is 1.62. The highest BCUT2D eigenvalue weighted by Crippen LogP contribution is 2.35. The highest BCUT2D eigenvalue weighted by molar-refractivity contribution is 6.15. The smallest absolute Gasteiger partial charge is 0.319 e. The van der Waals surface area contributed by atoms with Gasteiger partial charge in [0.25, 0.3) is 0 Å². The van der Waals surface area contributed by atoms with Gasteiger partial charge in [-0.1, -0.05) is 19.3 Å². The molecule has 2 aromatic carbocycles. The fraction of sp³-hybridized carbons (Fsp3) is 0.280.